The Hall–Kier alpha value is -0.130. The lowest BCUT2D eigenvalue weighted by Crippen LogP contribution is -2.36. The molecule has 0 aromatic heterocycles. The number of nitrogens with zero attached hydrogens (tertiary/aromatic N) is 1. The van der Waals surface area contributed by atoms with Crippen LogP contribution in [0.3, 0.4) is 0 Å². The number of likely N-dealkylation sites (N-methyl/N-ethyl adjacent to an activating group) is 1. The first-order valence-electron chi connectivity index (χ1n) is 5.87. The van der Waals surface area contributed by atoms with Gasteiger partial charge in [0.25, 0.3) is 0 Å². The molecule has 0 heterocycles. The first-order chi connectivity index (χ1) is 8.49. The molecule has 2 atom stereocenters. The van der Waals surface area contributed by atoms with E-state index in [0.717, 1.165) is 21.6 Å². The van der Waals surface area contributed by atoms with Gasteiger partial charge < -0.3 is 10.5 Å². The summed E-state index contributed by atoms with van der Waals surface area (Å²) in [5, 5.41) is 0.741. The molecule has 3 nitrogen and oxygen atoms in total. The molecule has 1 aromatic rings. The van der Waals surface area contributed by atoms with Crippen LogP contribution < -0.4 is 5.73 Å². The quantitative estimate of drug-likeness (QED) is 0.868. The second kappa shape index (κ2) is 7.46. The van der Waals surface area contributed by atoms with Crippen molar-refractivity contribution in [3.8, 4) is 0 Å². The largest absolute Gasteiger partial charge is 0.380 e. The second-order valence-corrected chi connectivity index (χ2v) is 5.73. The molecule has 102 valence electrons. The number of methoxy groups -OCH3 is 1. The van der Waals surface area contributed by atoms with Crippen LogP contribution in [0.5, 0.6) is 0 Å². The molecule has 0 bridgehead atoms. The van der Waals surface area contributed by atoms with Gasteiger partial charge in [0.15, 0.2) is 0 Å². The molecule has 0 aliphatic rings. The zero-order chi connectivity index (χ0) is 13.7. The normalized spacial score (nSPS) is 14.8. The number of ether oxygens (including phenoxy) is 1. The summed E-state index contributed by atoms with van der Waals surface area (Å²) in [4.78, 5) is 2.17. The Kier molecular flexibility index (Phi) is 6.60. The standard InChI is InChI=1S/C13H20BrClN2O/c1-9(18-3)8-17(2)13(7-16)11-6-10(14)4-5-12(11)15/h4-6,9,13H,7-8,16H2,1-3H3. The lowest BCUT2D eigenvalue weighted by Gasteiger charge is -2.30. The molecular formula is C13H20BrClN2O. The van der Waals surface area contributed by atoms with E-state index in [9.17, 15) is 0 Å². The fourth-order valence-electron chi connectivity index (χ4n) is 1.92. The van der Waals surface area contributed by atoms with Gasteiger partial charge in [-0.15, -0.1) is 0 Å². The Bertz CT molecular complexity index is 389. The molecule has 2 unspecified atom stereocenters. The lowest BCUT2D eigenvalue weighted by molar-refractivity contribution is 0.0725. The zero-order valence-corrected chi connectivity index (χ0v) is 13.3. The van der Waals surface area contributed by atoms with Crippen molar-refractivity contribution in [1.29, 1.82) is 0 Å². The minimum Gasteiger partial charge on any atom is -0.380 e. The number of halogens is 2. The van der Waals surface area contributed by atoms with Gasteiger partial charge in [0.05, 0.1) is 6.10 Å². The maximum Gasteiger partial charge on any atom is 0.0670 e. The first kappa shape index (κ1) is 15.9. The van der Waals surface area contributed by atoms with Gasteiger partial charge in [-0.05, 0) is 37.7 Å². The fourth-order valence-corrected chi connectivity index (χ4v) is 2.54. The van der Waals surface area contributed by atoms with E-state index in [1.54, 1.807) is 7.11 Å². The first-order valence-corrected chi connectivity index (χ1v) is 7.04. The Morgan fingerprint density at radius 3 is 2.72 bits per heavy atom. The molecular weight excluding hydrogens is 316 g/mol. The summed E-state index contributed by atoms with van der Waals surface area (Å²) in [6.07, 6.45) is 0.162. The van der Waals surface area contributed by atoms with Gasteiger partial charge in [0.1, 0.15) is 0 Å². The van der Waals surface area contributed by atoms with Gasteiger partial charge in [-0.3, -0.25) is 4.90 Å². The molecule has 0 aliphatic heterocycles. The van der Waals surface area contributed by atoms with Crippen LogP contribution in [0.1, 0.15) is 18.5 Å². The minimum absolute atomic E-state index is 0.0904. The minimum atomic E-state index is 0.0904. The van der Waals surface area contributed by atoms with E-state index in [1.807, 2.05) is 32.2 Å². The third-order valence-corrected chi connectivity index (χ3v) is 3.86. The van der Waals surface area contributed by atoms with E-state index in [4.69, 9.17) is 22.1 Å². The van der Waals surface area contributed by atoms with Crippen molar-refractivity contribution in [3.05, 3.63) is 33.3 Å². The van der Waals surface area contributed by atoms with Crippen LogP contribution in [0.25, 0.3) is 0 Å². The van der Waals surface area contributed by atoms with Crippen molar-refractivity contribution in [3.63, 3.8) is 0 Å². The number of rotatable bonds is 6. The van der Waals surface area contributed by atoms with Crippen LogP contribution in [-0.2, 0) is 4.74 Å². The molecule has 0 aliphatic carbocycles. The molecule has 0 spiro atoms. The summed E-state index contributed by atoms with van der Waals surface area (Å²) in [5.74, 6) is 0. The van der Waals surface area contributed by atoms with E-state index in [1.165, 1.54) is 0 Å². The molecule has 0 saturated carbocycles. The van der Waals surface area contributed by atoms with Gasteiger partial charge in [-0.25, -0.2) is 0 Å². The smallest absolute Gasteiger partial charge is 0.0670 e. The van der Waals surface area contributed by atoms with Crippen molar-refractivity contribution >= 4 is 27.5 Å². The lowest BCUT2D eigenvalue weighted by atomic mass is 10.1. The summed E-state index contributed by atoms with van der Waals surface area (Å²) in [7, 11) is 3.74. The maximum absolute atomic E-state index is 6.25. The summed E-state index contributed by atoms with van der Waals surface area (Å²) < 4.78 is 6.29. The monoisotopic (exact) mass is 334 g/mol. The van der Waals surface area contributed by atoms with E-state index in [0.29, 0.717) is 6.54 Å². The number of benzene rings is 1. The van der Waals surface area contributed by atoms with Gasteiger partial charge in [0.2, 0.25) is 0 Å². The highest BCUT2D eigenvalue weighted by Crippen LogP contribution is 2.29. The average molecular weight is 336 g/mol. The highest BCUT2D eigenvalue weighted by atomic mass is 79.9. The van der Waals surface area contributed by atoms with E-state index >= 15 is 0 Å². The Balaban J connectivity index is 2.91. The molecule has 2 N–H and O–H groups in total. The van der Waals surface area contributed by atoms with E-state index in [-0.39, 0.29) is 12.1 Å². The summed E-state index contributed by atoms with van der Waals surface area (Å²) in [6.45, 7) is 3.36. The van der Waals surface area contributed by atoms with E-state index < -0.39 is 0 Å². The van der Waals surface area contributed by atoms with Crippen molar-refractivity contribution in [2.24, 2.45) is 5.73 Å². The van der Waals surface area contributed by atoms with Crippen LogP contribution in [0.2, 0.25) is 5.02 Å². The van der Waals surface area contributed by atoms with Crippen LogP contribution >= 0.6 is 27.5 Å². The molecule has 1 rings (SSSR count). The summed E-state index contributed by atoms with van der Waals surface area (Å²) in [5.41, 5.74) is 6.93. The highest BCUT2D eigenvalue weighted by Gasteiger charge is 2.20. The molecule has 18 heavy (non-hydrogen) atoms. The maximum atomic E-state index is 6.25. The van der Waals surface area contributed by atoms with Crippen LogP contribution in [0, 0.1) is 0 Å². The predicted octanol–water partition coefficient (Wildman–Crippen LogP) is 3.07. The molecule has 5 heteroatoms. The highest BCUT2D eigenvalue weighted by molar-refractivity contribution is 9.10. The topological polar surface area (TPSA) is 38.5 Å². The van der Waals surface area contributed by atoms with Gasteiger partial charge >= 0.3 is 0 Å². The van der Waals surface area contributed by atoms with Gasteiger partial charge in [-0.2, -0.15) is 0 Å². The predicted molar refractivity (Wildman–Crippen MR) is 80.0 cm³/mol. The molecule has 0 radical (unpaired) electrons. The number of hydrogen-bond acceptors (Lipinski definition) is 3. The number of hydrogen-bond donors (Lipinski definition) is 1. The SMILES string of the molecule is COC(C)CN(C)C(CN)c1cc(Br)ccc1Cl. The Morgan fingerprint density at radius 2 is 2.17 bits per heavy atom. The summed E-state index contributed by atoms with van der Waals surface area (Å²) in [6, 6.07) is 5.93. The number of nitrogens with two attached hydrogens (primary N) is 1. The van der Waals surface area contributed by atoms with Crippen molar-refractivity contribution in [1.82, 2.24) is 4.90 Å². The third kappa shape index (κ3) is 4.21. The Labute approximate surface area is 122 Å². The van der Waals surface area contributed by atoms with Crippen molar-refractivity contribution in [2.45, 2.75) is 19.1 Å². The van der Waals surface area contributed by atoms with E-state index in [2.05, 4.69) is 20.8 Å². The van der Waals surface area contributed by atoms with Crippen LogP contribution in [-0.4, -0.2) is 38.3 Å². The van der Waals surface area contributed by atoms with Gasteiger partial charge in [0, 0.05) is 35.7 Å². The van der Waals surface area contributed by atoms with Gasteiger partial charge in [-0.1, -0.05) is 27.5 Å². The molecule has 0 saturated heterocycles. The van der Waals surface area contributed by atoms with Crippen LogP contribution in [0.15, 0.2) is 22.7 Å². The van der Waals surface area contributed by atoms with Crippen molar-refractivity contribution in [2.75, 3.05) is 27.2 Å². The summed E-state index contributed by atoms with van der Waals surface area (Å²) >= 11 is 9.71. The fraction of sp³-hybridized carbons (Fsp3) is 0.538. The zero-order valence-electron chi connectivity index (χ0n) is 11.0. The molecule has 0 fully saturated rings. The Morgan fingerprint density at radius 1 is 1.50 bits per heavy atom. The molecule has 1 aromatic carbocycles. The second-order valence-electron chi connectivity index (χ2n) is 4.40. The van der Waals surface area contributed by atoms with Crippen LogP contribution in [0.4, 0.5) is 0 Å². The van der Waals surface area contributed by atoms with Crippen molar-refractivity contribution < 1.29 is 4.74 Å². The molecule has 0 amide bonds. The third-order valence-electron chi connectivity index (χ3n) is 3.02. The average Bonchev–Trinajstić information content (AvgIpc) is 2.34.